The van der Waals surface area contributed by atoms with E-state index < -0.39 is 0 Å². The molecule has 0 bridgehead atoms. The zero-order valence-electron chi connectivity index (χ0n) is 19.6. The van der Waals surface area contributed by atoms with E-state index in [0.717, 1.165) is 33.2 Å². The zero-order valence-corrected chi connectivity index (χ0v) is 19.6. The van der Waals surface area contributed by atoms with Gasteiger partial charge in [-0.25, -0.2) is 4.68 Å². The standard InChI is InChI=1S/C30H25N3O3/c34-29(31-19-22-10-14-27(15-11-22)36-21-23-6-2-1-3-7-23)20-33-30(35)17-16-28(32-33)26-13-12-24-8-4-5-9-25(24)18-26/h1-18H,19-21H2,(H,31,34). The smallest absolute Gasteiger partial charge is 0.267 e. The normalized spacial score (nSPS) is 10.8. The summed E-state index contributed by atoms with van der Waals surface area (Å²) in [6.07, 6.45) is 0. The first-order valence-corrected chi connectivity index (χ1v) is 11.7. The van der Waals surface area contributed by atoms with Crippen molar-refractivity contribution in [2.24, 2.45) is 0 Å². The van der Waals surface area contributed by atoms with Crippen LogP contribution in [0.2, 0.25) is 0 Å². The molecule has 0 saturated heterocycles. The number of nitrogens with one attached hydrogen (secondary N) is 1. The molecule has 36 heavy (non-hydrogen) atoms. The number of benzene rings is 4. The number of nitrogens with zero attached hydrogens (tertiary/aromatic N) is 2. The van der Waals surface area contributed by atoms with Crippen LogP contribution < -0.4 is 15.6 Å². The number of ether oxygens (including phenoxy) is 1. The molecule has 5 aromatic rings. The van der Waals surface area contributed by atoms with Gasteiger partial charge in [0.25, 0.3) is 5.56 Å². The van der Waals surface area contributed by atoms with E-state index in [-0.39, 0.29) is 18.0 Å². The molecule has 0 atom stereocenters. The van der Waals surface area contributed by atoms with E-state index in [1.807, 2.05) is 97.1 Å². The molecular formula is C30H25N3O3. The summed E-state index contributed by atoms with van der Waals surface area (Å²) in [6, 6.07) is 34.7. The van der Waals surface area contributed by atoms with Crippen LogP contribution in [-0.2, 0) is 24.5 Å². The molecule has 1 aromatic heterocycles. The molecular weight excluding hydrogens is 450 g/mol. The van der Waals surface area contributed by atoms with Crippen LogP contribution in [0.25, 0.3) is 22.0 Å². The monoisotopic (exact) mass is 475 g/mol. The summed E-state index contributed by atoms with van der Waals surface area (Å²) in [4.78, 5) is 24.9. The Bertz CT molecular complexity index is 1540. The lowest BCUT2D eigenvalue weighted by Crippen LogP contribution is -2.33. The minimum atomic E-state index is -0.324. The predicted molar refractivity (Wildman–Crippen MR) is 141 cm³/mol. The highest BCUT2D eigenvalue weighted by molar-refractivity contribution is 5.86. The second-order valence-corrected chi connectivity index (χ2v) is 8.47. The average Bonchev–Trinajstić information content (AvgIpc) is 2.93. The van der Waals surface area contributed by atoms with Crippen LogP contribution >= 0.6 is 0 Å². The molecule has 0 radical (unpaired) electrons. The van der Waals surface area contributed by atoms with Gasteiger partial charge in [-0.1, -0.05) is 78.9 Å². The Kier molecular flexibility index (Phi) is 6.85. The molecule has 0 aliphatic heterocycles. The molecule has 0 saturated carbocycles. The van der Waals surface area contributed by atoms with E-state index in [2.05, 4.69) is 10.4 Å². The zero-order chi connectivity index (χ0) is 24.7. The number of carbonyl (C=O) groups excluding carboxylic acids is 1. The van der Waals surface area contributed by atoms with Crippen molar-refractivity contribution in [3.8, 4) is 17.0 Å². The van der Waals surface area contributed by atoms with Crippen LogP contribution in [-0.4, -0.2) is 15.7 Å². The third kappa shape index (κ3) is 5.67. The first kappa shape index (κ1) is 23.1. The minimum Gasteiger partial charge on any atom is -0.489 e. The summed E-state index contributed by atoms with van der Waals surface area (Å²) in [6.45, 7) is 0.687. The van der Waals surface area contributed by atoms with Gasteiger partial charge in [-0.15, -0.1) is 0 Å². The summed E-state index contributed by atoms with van der Waals surface area (Å²) in [5.41, 5.74) is 3.23. The number of fused-ring (bicyclic) bond motifs is 1. The first-order chi connectivity index (χ1) is 17.6. The Hall–Kier alpha value is -4.71. The highest BCUT2D eigenvalue weighted by atomic mass is 16.5. The van der Waals surface area contributed by atoms with Gasteiger partial charge in [-0.2, -0.15) is 5.10 Å². The predicted octanol–water partition coefficient (Wildman–Crippen LogP) is 4.96. The van der Waals surface area contributed by atoms with E-state index in [9.17, 15) is 9.59 Å². The third-order valence-corrected chi connectivity index (χ3v) is 5.87. The topological polar surface area (TPSA) is 73.2 Å². The van der Waals surface area contributed by atoms with Crippen molar-refractivity contribution in [1.29, 1.82) is 0 Å². The van der Waals surface area contributed by atoms with Crippen LogP contribution in [0.1, 0.15) is 11.1 Å². The summed E-state index contributed by atoms with van der Waals surface area (Å²) >= 11 is 0. The van der Waals surface area contributed by atoms with Gasteiger partial charge in [0.2, 0.25) is 5.91 Å². The highest BCUT2D eigenvalue weighted by Crippen LogP contribution is 2.22. The molecule has 0 fully saturated rings. The molecule has 0 aliphatic carbocycles. The Labute approximate surface area is 208 Å². The summed E-state index contributed by atoms with van der Waals surface area (Å²) < 4.78 is 7.00. The van der Waals surface area contributed by atoms with Gasteiger partial charge >= 0.3 is 0 Å². The first-order valence-electron chi connectivity index (χ1n) is 11.7. The van der Waals surface area contributed by atoms with Gasteiger partial charge in [-0.05, 0) is 46.2 Å². The SMILES string of the molecule is O=C(Cn1nc(-c2ccc3ccccc3c2)ccc1=O)NCc1ccc(OCc2ccccc2)cc1. The summed E-state index contributed by atoms with van der Waals surface area (Å²) in [7, 11) is 0. The molecule has 1 amide bonds. The van der Waals surface area contributed by atoms with Crippen LogP contribution in [0, 0.1) is 0 Å². The molecule has 5 rings (SSSR count). The Morgan fingerprint density at radius 1 is 0.778 bits per heavy atom. The molecule has 6 heteroatoms. The number of carbonyl (C=O) groups is 1. The lowest BCUT2D eigenvalue weighted by molar-refractivity contribution is -0.122. The van der Waals surface area contributed by atoms with Crippen molar-refractivity contribution >= 4 is 16.7 Å². The van der Waals surface area contributed by atoms with Crippen molar-refractivity contribution in [3.63, 3.8) is 0 Å². The van der Waals surface area contributed by atoms with Crippen LogP contribution in [0.5, 0.6) is 5.75 Å². The van der Waals surface area contributed by atoms with Crippen molar-refractivity contribution in [1.82, 2.24) is 15.1 Å². The molecule has 1 heterocycles. The Morgan fingerprint density at radius 3 is 2.33 bits per heavy atom. The van der Waals surface area contributed by atoms with Crippen molar-refractivity contribution < 1.29 is 9.53 Å². The van der Waals surface area contributed by atoms with Gasteiger partial charge in [0.1, 0.15) is 18.9 Å². The van der Waals surface area contributed by atoms with Gasteiger partial charge in [0.15, 0.2) is 0 Å². The number of amides is 1. The molecule has 0 aliphatic rings. The van der Waals surface area contributed by atoms with Gasteiger partial charge in [-0.3, -0.25) is 9.59 Å². The fourth-order valence-corrected chi connectivity index (χ4v) is 3.90. The second-order valence-electron chi connectivity index (χ2n) is 8.47. The van der Waals surface area contributed by atoms with E-state index in [1.54, 1.807) is 6.07 Å². The van der Waals surface area contributed by atoms with E-state index in [0.29, 0.717) is 18.8 Å². The average molecular weight is 476 g/mol. The molecule has 0 spiro atoms. The molecule has 6 nitrogen and oxygen atoms in total. The minimum absolute atomic E-state index is 0.154. The van der Waals surface area contributed by atoms with Gasteiger partial charge < -0.3 is 10.1 Å². The van der Waals surface area contributed by atoms with Crippen LogP contribution in [0.15, 0.2) is 114 Å². The fraction of sp³-hybridized carbons (Fsp3) is 0.100. The number of rotatable bonds is 8. The molecule has 4 aromatic carbocycles. The lowest BCUT2D eigenvalue weighted by Gasteiger charge is -2.10. The maximum absolute atomic E-state index is 12.6. The quantitative estimate of drug-likeness (QED) is 0.344. The fourth-order valence-electron chi connectivity index (χ4n) is 3.90. The number of hydrogen-bond acceptors (Lipinski definition) is 4. The Morgan fingerprint density at radius 2 is 1.53 bits per heavy atom. The second kappa shape index (κ2) is 10.7. The summed E-state index contributed by atoms with van der Waals surface area (Å²) in [5, 5.41) is 9.50. The van der Waals surface area contributed by atoms with E-state index in [1.165, 1.54) is 10.7 Å². The summed E-state index contributed by atoms with van der Waals surface area (Å²) in [5.74, 6) is 0.472. The highest BCUT2D eigenvalue weighted by Gasteiger charge is 2.09. The largest absolute Gasteiger partial charge is 0.489 e. The van der Waals surface area contributed by atoms with E-state index in [4.69, 9.17) is 4.74 Å². The molecule has 178 valence electrons. The van der Waals surface area contributed by atoms with E-state index >= 15 is 0 Å². The third-order valence-electron chi connectivity index (χ3n) is 5.87. The van der Waals surface area contributed by atoms with Gasteiger partial charge in [0.05, 0.1) is 5.69 Å². The Balaban J connectivity index is 1.19. The lowest BCUT2D eigenvalue weighted by atomic mass is 10.1. The maximum atomic E-state index is 12.6. The molecule has 0 unspecified atom stereocenters. The number of hydrogen-bond donors (Lipinski definition) is 1. The number of aromatic nitrogens is 2. The van der Waals surface area contributed by atoms with Crippen molar-refractivity contribution in [3.05, 3.63) is 131 Å². The molecule has 1 N–H and O–H groups in total. The van der Waals surface area contributed by atoms with Crippen LogP contribution in [0.4, 0.5) is 0 Å². The maximum Gasteiger partial charge on any atom is 0.267 e. The van der Waals surface area contributed by atoms with Gasteiger partial charge in [0, 0.05) is 18.2 Å². The van der Waals surface area contributed by atoms with Crippen LogP contribution in [0.3, 0.4) is 0 Å². The van der Waals surface area contributed by atoms with Crippen molar-refractivity contribution in [2.75, 3.05) is 0 Å². The van der Waals surface area contributed by atoms with Crippen molar-refractivity contribution in [2.45, 2.75) is 19.7 Å².